The molecule has 3 rings (SSSR count). The molecule has 1 aliphatic rings. The van der Waals surface area contributed by atoms with E-state index in [1.807, 2.05) is 13.1 Å². The van der Waals surface area contributed by atoms with E-state index in [9.17, 15) is 8.78 Å². The first-order valence-corrected chi connectivity index (χ1v) is 9.36. The predicted molar refractivity (Wildman–Crippen MR) is 96.9 cm³/mol. The fourth-order valence-corrected chi connectivity index (χ4v) is 3.55. The number of nitrogens with one attached hydrogen (secondary N) is 2. The van der Waals surface area contributed by atoms with Crippen LogP contribution in [0.3, 0.4) is 0 Å². The normalized spacial score (nSPS) is 19.8. The van der Waals surface area contributed by atoms with Crippen LogP contribution in [-0.4, -0.2) is 23.5 Å². The third-order valence-electron chi connectivity index (χ3n) is 4.15. The highest BCUT2D eigenvalue weighted by molar-refractivity contribution is 7.11. The summed E-state index contributed by atoms with van der Waals surface area (Å²) in [7, 11) is 0. The van der Waals surface area contributed by atoms with E-state index in [0.717, 1.165) is 18.0 Å². The number of hydrogen-bond donors (Lipinski definition) is 2. The summed E-state index contributed by atoms with van der Waals surface area (Å²) in [6, 6.07) is 4.00. The van der Waals surface area contributed by atoms with Gasteiger partial charge in [-0.3, -0.25) is 0 Å². The Morgan fingerprint density at radius 3 is 2.72 bits per heavy atom. The summed E-state index contributed by atoms with van der Waals surface area (Å²) in [6.45, 7) is 5.29. The number of guanidine groups is 1. The summed E-state index contributed by atoms with van der Waals surface area (Å²) in [5, 5.41) is 7.40. The van der Waals surface area contributed by atoms with Crippen molar-refractivity contribution >= 4 is 17.3 Å². The average Bonchev–Trinajstić information content (AvgIpc) is 3.17. The van der Waals surface area contributed by atoms with Gasteiger partial charge in [-0.1, -0.05) is 13.0 Å². The number of aliphatic imine (C=N–C) groups is 1. The highest BCUT2D eigenvalue weighted by Gasteiger charge is 2.42. The van der Waals surface area contributed by atoms with Gasteiger partial charge in [0.05, 0.1) is 6.54 Å². The van der Waals surface area contributed by atoms with Crippen molar-refractivity contribution in [3.63, 3.8) is 0 Å². The quantitative estimate of drug-likeness (QED) is 0.608. The zero-order valence-corrected chi connectivity index (χ0v) is 15.2. The molecule has 7 heteroatoms. The van der Waals surface area contributed by atoms with E-state index >= 15 is 0 Å². The minimum atomic E-state index is -0.480. The van der Waals surface area contributed by atoms with Crippen LogP contribution in [0.5, 0.6) is 0 Å². The van der Waals surface area contributed by atoms with Crippen molar-refractivity contribution in [1.29, 1.82) is 0 Å². The zero-order chi connectivity index (χ0) is 17.8. The Labute approximate surface area is 150 Å². The van der Waals surface area contributed by atoms with Crippen molar-refractivity contribution < 1.29 is 8.78 Å². The third-order valence-corrected chi connectivity index (χ3v) is 5.28. The van der Waals surface area contributed by atoms with Gasteiger partial charge in [-0.2, -0.15) is 0 Å². The van der Waals surface area contributed by atoms with Crippen LogP contribution in [0.4, 0.5) is 8.78 Å². The van der Waals surface area contributed by atoms with E-state index < -0.39 is 11.6 Å². The monoisotopic (exact) mass is 364 g/mol. The molecule has 1 fully saturated rings. The fraction of sp³-hybridized carbons (Fsp3) is 0.444. The van der Waals surface area contributed by atoms with Gasteiger partial charge in [-0.05, 0) is 31.9 Å². The van der Waals surface area contributed by atoms with Crippen LogP contribution in [0.15, 0.2) is 29.4 Å². The van der Waals surface area contributed by atoms with Gasteiger partial charge in [0, 0.05) is 35.1 Å². The number of aryl methyl sites for hydroxylation is 1. The average molecular weight is 364 g/mol. The molecule has 1 aliphatic carbocycles. The maximum absolute atomic E-state index is 13.9. The van der Waals surface area contributed by atoms with Crippen LogP contribution < -0.4 is 10.6 Å². The third kappa shape index (κ3) is 4.34. The van der Waals surface area contributed by atoms with Gasteiger partial charge in [0.25, 0.3) is 0 Å². The molecule has 0 bridgehead atoms. The minimum Gasteiger partial charge on any atom is -0.357 e. The van der Waals surface area contributed by atoms with Crippen molar-refractivity contribution in [3.05, 3.63) is 51.5 Å². The SMILES string of the molecule is CCNC(=NCc1ncc(CC)s1)NC1CC1c1c(F)cccc1F. The second kappa shape index (κ2) is 7.91. The molecule has 2 unspecified atom stereocenters. The van der Waals surface area contributed by atoms with Gasteiger partial charge in [0.1, 0.15) is 16.6 Å². The lowest BCUT2D eigenvalue weighted by molar-refractivity contribution is 0.553. The van der Waals surface area contributed by atoms with Gasteiger partial charge in [0.15, 0.2) is 5.96 Å². The lowest BCUT2D eigenvalue weighted by Gasteiger charge is -2.11. The molecule has 0 radical (unpaired) electrons. The topological polar surface area (TPSA) is 49.3 Å². The van der Waals surface area contributed by atoms with Gasteiger partial charge < -0.3 is 10.6 Å². The summed E-state index contributed by atoms with van der Waals surface area (Å²) in [6.07, 6.45) is 3.55. The first-order chi connectivity index (χ1) is 12.1. The van der Waals surface area contributed by atoms with Crippen molar-refractivity contribution in [2.24, 2.45) is 4.99 Å². The van der Waals surface area contributed by atoms with E-state index in [1.165, 1.54) is 23.1 Å². The van der Waals surface area contributed by atoms with Crippen molar-refractivity contribution in [2.75, 3.05) is 6.54 Å². The first-order valence-electron chi connectivity index (χ1n) is 8.54. The molecule has 2 N–H and O–H groups in total. The van der Waals surface area contributed by atoms with E-state index in [0.29, 0.717) is 18.9 Å². The second-order valence-electron chi connectivity index (χ2n) is 6.00. The molecule has 2 atom stereocenters. The lowest BCUT2D eigenvalue weighted by Crippen LogP contribution is -2.39. The molecule has 0 aliphatic heterocycles. The van der Waals surface area contributed by atoms with Crippen molar-refractivity contribution in [3.8, 4) is 0 Å². The van der Waals surface area contributed by atoms with Crippen LogP contribution >= 0.6 is 11.3 Å². The molecule has 0 amide bonds. The summed E-state index contributed by atoms with van der Waals surface area (Å²) >= 11 is 1.66. The number of hydrogen-bond acceptors (Lipinski definition) is 3. The molecule has 0 spiro atoms. The molecule has 1 saturated carbocycles. The van der Waals surface area contributed by atoms with Gasteiger partial charge in [-0.25, -0.2) is 18.8 Å². The van der Waals surface area contributed by atoms with E-state index in [-0.39, 0.29) is 17.5 Å². The van der Waals surface area contributed by atoms with Gasteiger partial charge >= 0.3 is 0 Å². The van der Waals surface area contributed by atoms with E-state index in [4.69, 9.17) is 0 Å². The predicted octanol–water partition coefficient (Wildman–Crippen LogP) is 3.59. The molecular formula is C18H22F2N4S. The molecule has 1 aromatic heterocycles. The van der Waals surface area contributed by atoms with Crippen LogP contribution in [0.25, 0.3) is 0 Å². The molecule has 1 heterocycles. The van der Waals surface area contributed by atoms with Crippen LogP contribution in [-0.2, 0) is 13.0 Å². The maximum atomic E-state index is 13.9. The highest BCUT2D eigenvalue weighted by Crippen LogP contribution is 2.43. The summed E-state index contributed by atoms with van der Waals surface area (Å²) in [5.74, 6) is -0.464. The standard InChI is InChI=1S/C18H22F2N4S/c1-3-11-9-22-16(25-11)10-23-18(21-4-2)24-15-8-12(15)17-13(19)6-5-7-14(17)20/h5-7,9,12,15H,3-4,8,10H2,1-2H3,(H2,21,23,24). The second-order valence-corrected chi connectivity index (χ2v) is 7.20. The fourth-order valence-electron chi connectivity index (χ4n) is 2.77. The number of aromatic nitrogens is 1. The molecule has 134 valence electrons. The smallest absolute Gasteiger partial charge is 0.191 e. The van der Waals surface area contributed by atoms with Gasteiger partial charge in [-0.15, -0.1) is 11.3 Å². The Bertz CT molecular complexity index is 739. The number of halogens is 2. The Hall–Kier alpha value is -2.02. The maximum Gasteiger partial charge on any atom is 0.191 e. The molecule has 1 aromatic carbocycles. The Morgan fingerprint density at radius 1 is 1.32 bits per heavy atom. The van der Waals surface area contributed by atoms with Crippen molar-refractivity contribution in [2.45, 2.75) is 45.2 Å². The first kappa shape index (κ1) is 17.8. The Morgan fingerprint density at radius 2 is 2.08 bits per heavy atom. The molecule has 4 nitrogen and oxygen atoms in total. The van der Waals surface area contributed by atoms with E-state index in [2.05, 4.69) is 27.5 Å². The Balaban J connectivity index is 1.64. The summed E-state index contributed by atoms with van der Waals surface area (Å²) < 4.78 is 27.8. The lowest BCUT2D eigenvalue weighted by atomic mass is 10.1. The van der Waals surface area contributed by atoms with Crippen LogP contribution in [0, 0.1) is 11.6 Å². The summed E-state index contributed by atoms with van der Waals surface area (Å²) in [5.41, 5.74) is 0.170. The number of rotatable bonds is 6. The summed E-state index contributed by atoms with van der Waals surface area (Å²) in [4.78, 5) is 10.1. The van der Waals surface area contributed by atoms with Crippen molar-refractivity contribution in [1.82, 2.24) is 15.6 Å². The van der Waals surface area contributed by atoms with Gasteiger partial charge in [0.2, 0.25) is 0 Å². The number of thiazole rings is 1. The van der Waals surface area contributed by atoms with Crippen LogP contribution in [0.2, 0.25) is 0 Å². The molecular weight excluding hydrogens is 342 g/mol. The largest absolute Gasteiger partial charge is 0.357 e. The van der Waals surface area contributed by atoms with E-state index in [1.54, 1.807) is 11.3 Å². The molecule has 2 aromatic rings. The molecule has 0 saturated heterocycles. The number of benzene rings is 1. The minimum absolute atomic E-state index is 0.00769. The molecule has 25 heavy (non-hydrogen) atoms. The zero-order valence-electron chi connectivity index (χ0n) is 14.4. The number of nitrogens with zero attached hydrogens (tertiary/aromatic N) is 2. The highest BCUT2D eigenvalue weighted by atomic mass is 32.1. The Kier molecular flexibility index (Phi) is 5.63. The van der Waals surface area contributed by atoms with Crippen LogP contribution in [0.1, 0.15) is 41.6 Å².